The number of rotatable bonds is 2. The number of hydrogen-bond acceptors (Lipinski definition) is 6. The van der Waals surface area contributed by atoms with Gasteiger partial charge in [0.2, 0.25) is 0 Å². The quantitative estimate of drug-likeness (QED) is 0.368. The number of aromatic nitrogens is 2. The summed E-state index contributed by atoms with van der Waals surface area (Å²) < 4.78 is 0. The fourth-order valence-electron chi connectivity index (χ4n) is 4.94. The number of halogens is 2. The number of anilines is 2. The number of nitrogens with one attached hydrogen (secondary N) is 2. The maximum absolute atomic E-state index is 6.21. The molecule has 0 spiro atoms. The van der Waals surface area contributed by atoms with E-state index in [-0.39, 0.29) is 0 Å². The van der Waals surface area contributed by atoms with Crippen molar-refractivity contribution in [2.75, 3.05) is 62.2 Å². The van der Waals surface area contributed by atoms with E-state index in [1.54, 1.807) is 0 Å². The molecule has 6 nitrogen and oxygen atoms in total. The SMILES string of the molecule is Clc1ccc2c(N3CCCNCCN(c4ccnc5cc(Cl)ccc45)CCCNCC3)ccnc2c1. The van der Waals surface area contributed by atoms with Gasteiger partial charge in [-0.05, 0) is 74.5 Å². The zero-order chi connectivity index (χ0) is 24.7. The smallest absolute Gasteiger partial charge is 0.0737 e. The second-order valence-corrected chi connectivity index (χ2v) is 10.0. The van der Waals surface area contributed by atoms with Gasteiger partial charge in [-0.15, -0.1) is 0 Å². The standard InChI is InChI=1S/C28H32Cl2N6/c29-21-3-5-23-25(19-21)33-11-7-27(23)35-15-1-9-31-13-18-36(16-2-10-32-14-17-35)28-8-12-34-26-20-22(30)4-6-24(26)28/h3-8,11-12,19-20,31-32H,1-2,9-10,13-18H2. The number of nitrogens with zero attached hydrogens (tertiary/aromatic N) is 4. The van der Waals surface area contributed by atoms with Crippen molar-refractivity contribution in [3.05, 3.63) is 71.0 Å². The molecule has 4 aromatic rings. The van der Waals surface area contributed by atoms with Crippen molar-refractivity contribution in [3.8, 4) is 0 Å². The minimum absolute atomic E-state index is 0.719. The van der Waals surface area contributed by atoms with Crippen molar-refractivity contribution >= 4 is 56.4 Å². The lowest BCUT2D eigenvalue weighted by molar-refractivity contribution is 0.578. The van der Waals surface area contributed by atoms with Crippen LogP contribution in [0.25, 0.3) is 21.8 Å². The number of fused-ring (bicyclic) bond motifs is 2. The Hall–Kier alpha value is -2.64. The van der Waals surface area contributed by atoms with Crippen LogP contribution < -0.4 is 20.4 Å². The summed E-state index contributed by atoms with van der Waals surface area (Å²) >= 11 is 12.4. The topological polar surface area (TPSA) is 56.3 Å². The zero-order valence-corrected chi connectivity index (χ0v) is 21.9. The van der Waals surface area contributed by atoms with Gasteiger partial charge in [-0.1, -0.05) is 23.2 Å². The number of benzene rings is 2. The molecule has 3 heterocycles. The average Bonchev–Trinajstić information content (AvgIpc) is 2.89. The third kappa shape index (κ3) is 6.01. The molecule has 2 aromatic heterocycles. The van der Waals surface area contributed by atoms with Crippen LogP contribution in [0.3, 0.4) is 0 Å². The predicted octanol–water partition coefficient (Wildman–Crippen LogP) is 5.38. The first-order valence-corrected chi connectivity index (χ1v) is 13.4. The van der Waals surface area contributed by atoms with E-state index in [4.69, 9.17) is 23.2 Å². The fraction of sp³-hybridized carbons (Fsp3) is 0.357. The normalized spacial score (nSPS) is 16.8. The van der Waals surface area contributed by atoms with Crippen LogP contribution in [0, 0.1) is 0 Å². The van der Waals surface area contributed by atoms with Crippen molar-refractivity contribution in [3.63, 3.8) is 0 Å². The largest absolute Gasteiger partial charge is 0.370 e. The number of hydrogen-bond donors (Lipinski definition) is 2. The summed E-state index contributed by atoms with van der Waals surface area (Å²) in [6, 6.07) is 16.2. The van der Waals surface area contributed by atoms with Gasteiger partial charge in [-0.3, -0.25) is 9.97 Å². The molecule has 0 bridgehead atoms. The van der Waals surface area contributed by atoms with E-state index in [2.05, 4.69) is 54.7 Å². The zero-order valence-electron chi connectivity index (χ0n) is 20.4. The molecular weight excluding hydrogens is 491 g/mol. The molecule has 8 heteroatoms. The van der Waals surface area contributed by atoms with Crippen LogP contribution >= 0.6 is 23.2 Å². The van der Waals surface area contributed by atoms with E-state index in [1.165, 1.54) is 11.4 Å². The molecular formula is C28H32Cl2N6. The van der Waals surface area contributed by atoms with Gasteiger partial charge in [-0.2, -0.15) is 0 Å². The Bertz CT molecular complexity index is 1200. The monoisotopic (exact) mass is 522 g/mol. The van der Waals surface area contributed by atoms with Crippen LogP contribution in [0.15, 0.2) is 60.9 Å². The van der Waals surface area contributed by atoms with Gasteiger partial charge < -0.3 is 20.4 Å². The van der Waals surface area contributed by atoms with Crippen LogP contribution in [-0.2, 0) is 0 Å². The Morgan fingerprint density at radius 2 is 1.06 bits per heavy atom. The summed E-state index contributed by atoms with van der Waals surface area (Å²) in [6.45, 7) is 7.66. The first-order valence-electron chi connectivity index (χ1n) is 12.7. The lowest BCUT2D eigenvalue weighted by Crippen LogP contribution is -2.38. The van der Waals surface area contributed by atoms with E-state index in [0.29, 0.717) is 0 Å². The lowest BCUT2D eigenvalue weighted by Gasteiger charge is -2.29. The molecule has 1 fully saturated rings. The highest BCUT2D eigenvalue weighted by Gasteiger charge is 2.14. The molecule has 1 saturated heterocycles. The highest BCUT2D eigenvalue weighted by atomic mass is 35.5. The Morgan fingerprint density at radius 3 is 1.53 bits per heavy atom. The second kappa shape index (κ2) is 12.1. The third-order valence-electron chi connectivity index (χ3n) is 6.73. The Balaban J connectivity index is 1.27. The molecule has 0 radical (unpaired) electrons. The van der Waals surface area contributed by atoms with Crippen LogP contribution in [0.5, 0.6) is 0 Å². The molecule has 1 aliphatic heterocycles. The molecule has 0 saturated carbocycles. The fourth-order valence-corrected chi connectivity index (χ4v) is 5.27. The van der Waals surface area contributed by atoms with E-state index >= 15 is 0 Å². The van der Waals surface area contributed by atoms with Crippen LogP contribution in [0.2, 0.25) is 10.0 Å². The van der Waals surface area contributed by atoms with Gasteiger partial charge >= 0.3 is 0 Å². The van der Waals surface area contributed by atoms with E-state index in [0.717, 1.165) is 97.1 Å². The highest BCUT2D eigenvalue weighted by Crippen LogP contribution is 2.29. The Labute approximate surface area is 222 Å². The van der Waals surface area contributed by atoms with Gasteiger partial charge in [0.1, 0.15) is 0 Å². The van der Waals surface area contributed by atoms with Crippen LogP contribution in [-0.4, -0.2) is 62.3 Å². The molecule has 2 N–H and O–H groups in total. The van der Waals surface area contributed by atoms with Crippen molar-refractivity contribution in [2.24, 2.45) is 0 Å². The molecule has 36 heavy (non-hydrogen) atoms. The van der Waals surface area contributed by atoms with Crippen LogP contribution in [0.1, 0.15) is 12.8 Å². The van der Waals surface area contributed by atoms with Gasteiger partial charge in [0.05, 0.1) is 11.0 Å². The minimum atomic E-state index is 0.719. The second-order valence-electron chi connectivity index (χ2n) is 9.16. The van der Waals surface area contributed by atoms with E-state index in [1.807, 2.05) is 36.7 Å². The molecule has 0 atom stereocenters. The third-order valence-corrected chi connectivity index (χ3v) is 7.20. The van der Waals surface area contributed by atoms with Crippen LogP contribution in [0.4, 0.5) is 11.4 Å². The number of pyridine rings is 2. The maximum atomic E-state index is 6.21. The van der Waals surface area contributed by atoms with Gasteiger partial charge in [0, 0.05) is 83.9 Å². The molecule has 5 rings (SSSR count). The summed E-state index contributed by atoms with van der Waals surface area (Å²) in [5, 5.41) is 11.1. The average molecular weight is 524 g/mol. The first kappa shape index (κ1) is 25.0. The maximum Gasteiger partial charge on any atom is 0.0737 e. The summed E-state index contributed by atoms with van der Waals surface area (Å²) in [4.78, 5) is 14.0. The van der Waals surface area contributed by atoms with E-state index in [9.17, 15) is 0 Å². The summed E-state index contributed by atoms with van der Waals surface area (Å²) in [5.74, 6) is 0. The van der Waals surface area contributed by atoms with Gasteiger partial charge in [0.25, 0.3) is 0 Å². The molecule has 0 unspecified atom stereocenters. The first-order chi connectivity index (χ1) is 17.7. The Morgan fingerprint density at radius 1 is 0.583 bits per heavy atom. The molecule has 0 aliphatic carbocycles. The van der Waals surface area contributed by atoms with Crippen molar-refractivity contribution in [2.45, 2.75) is 12.8 Å². The highest BCUT2D eigenvalue weighted by molar-refractivity contribution is 6.31. The van der Waals surface area contributed by atoms with Crippen molar-refractivity contribution in [1.29, 1.82) is 0 Å². The molecule has 188 valence electrons. The summed E-state index contributed by atoms with van der Waals surface area (Å²) in [7, 11) is 0. The van der Waals surface area contributed by atoms with Crippen molar-refractivity contribution in [1.82, 2.24) is 20.6 Å². The van der Waals surface area contributed by atoms with Gasteiger partial charge in [0.15, 0.2) is 0 Å². The molecule has 1 aliphatic rings. The molecule has 0 amide bonds. The molecule has 2 aromatic carbocycles. The predicted molar refractivity (Wildman–Crippen MR) is 153 cm³/mol. The lowest BCUT2D eigenvalue weighted by atomic mass is 10.1. The summed E-state index contributed by atoms with van der Waals surface area (Å²) in [6.07, 6.45) is 5.90. The van der Waals surface area contributed by atoms with E-state index < -0.39 is 0 Å². The van der Waals surface area contributed by atoms with Gasteiger partial charge in [-0.25, -0.2) is 0 Å². The Kier molecular flexibility index (Phi) is 8.39. The van der Waals surface area contributed by atoms with Crippen molar-refractivity contribution < 1.29 is 0 Å². The minimum Gasteiger partial charge on any atom is -0.370 e. The summed E-state index contributed by atoms with van der Waals surface area (Å²) in [5.41, 5.74) is 4.33.